The van der Waals surface area contributed by atoms with Crippen LogP contribution in [0.4, 0.5) is 0 Å². The van der Waals surface area contributed by atoms with Crippen LogP contribution >= 0.6 is 11.3 Å². The first-order valence-electron chi connectivity index (χ1n) is 5.21. The molecule has 0 saturated heterocycles. The van der Waals surface area contributed by atoms with Gasteiger partial charge in [0.25, 0.3) is 0 Å². The molecule has 3 nitrogen and oxygen atoms in total. The molecule has 0 unspecified atom stereocenters. The minimum Gasteiger partial charge on any atom is -0.385 e. The first-order valence-corrected chi connectivity index (χ1v) is 6.15. The standard InChI is InChI=1S/C11H20N2OS/c1-11(2,4-5-14-3)8-12-6-10-7-15-9-13-10/h7,9,12H,4-6,8H2,1-3H3. The fourth-order valence-electron chi connectivity index (χ4n) is 1.32. The summed E-state index contributed by atoms with van der Waals surface area (Å²) < 4.78 is 5.09. The van der Waals surface area contributed by atoms with Gasteiger partial charge in [0, 0.05) is 32.2 Å². The quantitative estimate of drug-likeness (QED) is 0.777. The molecule has 1 aromatic rings. The Labute approximate surface area is 95.9 Å². The number of nitrogens with zero attached hydrogens (tertiary/aromatic N) is 1. The van der Waals surface area contributed by atoms with E-state index in [-0.39, 0.29) is 5.41 Å². The van der Waals surface area contributed by atoms with E-state index in [1.165, 1.54) is 0 Å². The van der Waals surface area contributed by atoms with Crippen molar-refractivity contribution in [3.63, 3.8) is 0 Å². The van der Waals surface area contributed by atoms with E-state index in [1.807, 2.05) is 5.51 Å². The lowest BCUT2D eigenvalue weighted by Gasteiger charge is -2.24. The number of rotatable bonds is 7. The van der Waals surface area contributed by atoms with Crippen molar-refractivity contribution in [2.45, 2.75) is 26.8 Å². The van der Waals surface area contributed by atoms with Crippen molar-refractivity contribution in [3.05, 3.63) is 16.6 Å². The van der Waals surface area contributed by atoms with E-state index in [4.69, 9.17) is 4.74 Å². The summed E-state index contributed by atoms with van der Waals surface area (Å²) in [6.45, 7) is 7.18. The second-order valence-corrected chi connectivity index (χ2v) is 5.21. The molecule has 0 fully saturated rings. The van der Waals surface area contributed by atoms with Crippen molar-refractivity contribution >= 4 is 11.3 Å². The van der Waals surface area contributed by atoms with Crippen molar-refractivity contribution in [3.8, 4) is 0 Å². The Kier molecular flexibility index (Phi) is 5.22. The average Bonchev–Trinajstić information content (AvgIpc) is 2.67. The highest BCUT2D eigenvalue weighted by molar-refractivity contribution is 7.07. The van der Waals surface area contributed by atoms with Crippen LogP contribution in [0.2, 0.25) is 0 Å². The molecule has 0 radical (unpaired) electrons. The van der Waals surface area contributed by atoms with Gasteiger partial charge in [0.2, 0.25) is 0 Å². The predicted octanol–water partition coefficient (Wildman–Crippen LogP) is 2.30. The van der Waals surface area contributed by atoms with E-state index >= 15 is 0 Å². The van der Waals surface area contributed by atoms with E-state index in [0.29, 0.717) is 0 Å². The molecule has 1 aromatic heterocycles. The van der Waals surface area contributed by atoms with Crippen molar-refractivity contribution < 1.29 is 4.74 Å². The Balaban J connectivity index is 2.18. The maximum atomic E-state index is 5.09. The third-order valence-electron chi connectivity index (χ3n) is 2.38. The molecule has 0 atom stereocenters. The first kappa shape index (κ1) is 12.6. The smallest absolute Gasteiger partial charge is 0.0795 e. The molecule has 0 aliphatic carbocycles. The number of hydrogen-bond acceptors (Lipinski definition) is 4. The van der Waals surface area contributed by atoms with Gasteiger partial charge in [-0.25, -0.2) is 4.98 Å². The van der Waals surface area contributed by atoms with Crippen molar-refractivity contribution in [2.75, 3.05) is 20.3 Å². The molecule has 1 N–H and O–H groups in total. The third kappa shape index (κ3) is 5.25. The molecule has 0 aromatic carbocycles. The van der Waals surface area contributed by atoms with Crippen LogP contribution in [0.5, 0.6) is 0 Å². The van der Waals surface area contributed by atoms with Gasteiger partial charge >= 0.3 is 0 Å². The minimum atomic E-state index is 0.284. The van der Waals surface area contributed by atoms with Crippen LogP contribution in [-0.2, 0) is 11.3 Å². The SMILES string of the molecule is COCCC(C)(C)CNCc1cscn1. The number of aromatic nitrogens is 1. The monoisotopic (exact) mass is 228 g/mol. The molecular formula is C11H20N2OS. The molecule has 1 rings (SSSR count). The van der Waals surface area contributed by atoms with Gasteiger partial charge < -0.3 is 10.1 Å². The second kappa shape index (κ2) is 6.20. The normalized spacial score (nSPS) is 11.9. The molecule has 15 heavy (non-hydrogen) atoms. The Morgan fingerprint density at radius 1 is 1.53 bits per heavy atom. The van der Waals surface area contributed by atoms with Gasteiger partial charge in [0.05, 0.1) is 11.2 Å². The summed E-state index contributed by atoms with van der Waals surface area (Å²) in [6.07, 6.45) is 1.08. The number of hydrogen-bond donors (Lipinski definition) is 1. The van der Waals surface area contributed by atoms with Crippen LogP contribution < -0.4 is 5.32 Å². The van der Waals surface area contributed by atoms with Crippen molar-refractivity contribution in [1.82, 2.24) is 10.3 Å². The maximum absolute atomic E-state index is 5.09. The van der Waals surface area contributed by atoms with E-state index in [9.17, 15) is 0 Å². The number of ether oxygens (including phenoxy) is 1. The second-order valence-electron chi connectivity index (χ2n) is 4.49. The minimum absolute atomic E-state index is 0.284. The molecule has 0 spiro atoms. The largest absolute Gasteiger partial charge is 0.385 e. The lowest BCUT2D eigenvalue weighted by Crippen LogP contribution is -2.30. The molecule has 86 valence electrons. The molecule has 0 aliphatic rings. The van der Waals surface area contributed by atoms with Crippen LogP contribution in [0.3, 0.4) is 0 Å². The Hall–Kier alpha value is -0.450. The Morgan fingerprint density at radius 2 is 2.33 bits per heavy atom. The maximum Gasteiger partial charge on any atom is 0.0795 e. The highest BCUT2D eigenvalue weighted by atomic mass is 32.1. The molecule has 1 heterocycles. The van der Waals surface area contributed by atoms with Gasteiger partial charge in [-0.3, -0.25) is 0 Å². The van der Waals surface area contributed by atoms with Gasteiger partial charge in [-0.1, -0.05) is 13.8 Å². The molecule has 0 aliphatic heterocycles. The van der Waals surface area contributed by atoms with Crippen LogP contribution in [0.15, 0.2) is 10.9 Å². The first-order chi connectivity index (χ1) is 7.14. The van der Waals surface area contributed by atoms with E-state index in [1.54, 1.807) is 18.4 Å². The molecule has 0 saturated carbocycles. The third-order valence-corrected chi connectivity index (χ3v) is 3.01. The van der Waals surface area contributed by atoms with Crippen LogP contribution in [0.1, 0.15) is 26.0 Å². The molecular weight excluding hydrogens is 208 g/mol. The zero-order valence-electron chi connectivity index (χ0n) is 9.75. The highest BCUT2D eigenvalue weighted by Crippen LogP contribution is 2.18. The van der Waals surface area contributed by atoms with Gasteiger partial charge in [0.1, 0.15) is 0 Å². The predicted molar refractivity (Wildman–Crippen MR) is 64.1 cm³/mol. The van der Waals surface area contributed by atoms with Gasteiger partial charge in [-0.05, 0) is 11.8 Å². The lowest BCUT2D eigenvalue weighted by molar-refractivity contribution is 0.150. The highest BCUT2D eigenvalue weighted by Gasteiger charge is 2.16. The van der Waals surface area contributed by atoms with Gasteiger partial charge in [-0.2, -0.15) is 0 Å². The van der Waals surface area contributed by atoms with Crippen molar-refractivity contribution in [2.24, 2.45) is 5.41 Å². The van der Waals surface area contributed by atoms with Crippen LogP contribution in [-0.4, -0.2) is 25.2 Å². The fourth-order valence-corrected chi connectivity index (χ4v) is 1.88. The summed E-state index contributed by atoms with van der Waals surface area (Å²) in [4.78, 5) is 4.23. The van der Waals surface area contributed by atoms with Crippen LogP contribution in [0.25, 0.3) is 0 Å². The molecule has 4 heteroatoms. The number of methoxy groups -OCH3 is 1. The van der Waals surface area contributed by atoms with E-state index in [0.717, 1.165) is 31.8 Å². The number of thiazole rings is 1. The van der Waals surface area contributed by atoms with Crippen molar-refractivity contribution in [1.29, 1.82) is 0 Å². The Morgan fingerprint density at radius 3 is 2.93 bits per heavy atom. The summed E-state index contributed by atoms with van der Waals surface area (Å²) in [5.41, 5.74) is 3.28. The summed E-state index contributed by atoms with van der Waals surface area (Å²) in [5.74, 6) is 0. The number of nitrogens with one attached hydrogen (secondary N) is 1. The van der Waals surface area contributed by atoms with Crippen LogP contribution in [0, 0.1) is 5.41 Å². The Bertz CT molecular complexity index is 260. The lowest BCUT2D eigenvalue weighted by atomic mass is 9.90. The molecule has 0 bridgehead atoms. The van der Waals surface area contributed by atoms with E-state index < -0.39 is 0 Å². The zero-order chi connectivity index (χ0) is 11.1. The van der Waals surface area contributed by atoms with E-state index in [2.05, 4.69) is 29.5 Å². The molecule has 0 amide bonds. The zero-order valence-corrected chi connectivity index (χ0v) is 10.6. The summed E-state index contributed by atoms with van der Waals surface area (Å²) >= 11 is 1.64. The topological polar surface area (TPSA) is 34.1 Å². The summed E-state index contributed by atoms with van der Waals surface area (Å²) in [5, 5.41) is 5.50. The summed E-state index contributed by atoms with van der Waals surface area (Å²) in [7, 11) is 1.75. The fraction of sp³-hybridized carbons (Fsp3) is 0.727. The average molecular weight is 228 g/mol. The van der Waals surface area contributed by atoms with Gasteiger partial charge in [0.15, 0.2) is 0 Å². The summed E-state index contributed by atoms with van der Waals surface area (Å²) in [6, 6.07) is 0. The van der Waals surface area contributed by atoms with Gasteiger partial charge in [-0.15, -0.1) is 11.3 Å².